The number of nitrogens with one attached hydrogen (secondary N) is 1. The number of ether oxygens (including phenoxy) is 2. The lowest BCUT2D eigenvalue weighted by Gasteiger charge is -2.08. The average Bonchev–Trinajstić information content (AvgIpc) is 3.14. The van der Waals surface area contributed by atoms with Gasteiger partial charge in [-0.2, -0.15) is 0 Å². The number of aryl methyl sites for hydroxylation is 1. The lowest BCUT2D eigenvalue weighted by Crippen LogP contribution is -2.11. The molecule has 0 atom stereocenters. The van der Waals surface area contributed by atoms with E-state index in [0.29, 0.717) is 39.5 Å². The largest absolute Gasteiger partial charge is 0.497 e. The highest BCUT2D eigenvalue weighted by atomic mass is 16.5. The zero-order valence-corrected chi connectivity index (χ0v) is 17.3. The minimum atomic E-state index is -0.313. The van der Waals surface area contributed by atoms with Gasteiger partial charge in [0.2, 0.25) is 5.78 Å². The van der Waals surface area contributed by atoms with Gasteiger partial charge < -0.3 is 19.2 Å². The lowest BCUT2D eigenvalue weighted by molar-refractivity contribution is 0.100. The summed E-state index contributed by atoms with van der Waals surface area (Å²) in [6.45, 7) is 1.81. The molecule has 31 heavy (non-hydrogen) atoms. The van der Waals surface area contributed by atoms with Crippen molar-refractivity contribution in [2.45, 2.75) is 6.92 Å². The van der Waals surface area contributed by atoms with Gasteiger partial charge in [-0.25, -0.2) is 0 Å². The molecule has 156 valence electrons. The molecule has 4 rings (SSSR count). The summed E-state index contributed by atoms with van der Waals surface area (Å²) in [5.74, 6) is 0.612. The SMILES string of the molecule is COc1ccc(OC)c(C(=O)c2oc3ccc(NC(=O)c4ccncc4)cc3c2C)c1. The second-order valence-electron chi connectivity index (χ2n) is 6.85. The molecule has 2 aromatic carbocycles. The summed E-state index contributed by atoms with van der Waals surface area (Å²) < 4.78 is 16.4. The van der Waals surface area contributed by atoms with E-state index >= 15 is 0 Å². The number of ketones is 1. The number of anilines is 1. The maximum absolute atomic E-state index is 13.2. The van der Waals surface area contributed by atoms with Crippen LogP contribution in [0.4, 0.5) is 5.69 Å². The topological polar surface area (TPSA) is 90.7 Å². The second-order valence-corrected chi connectivity index (χ2v) is 6.85. The van der Waals surface area contributed by atoms with Gasteiger partial charge in [0.1, 0.15) is 17.1 Å². The smallest absolute Gasteiger partial charge is 0.255 e. The summed E-state index contributed by atoms with van der Waals surface area (Å²) in [5.41, 5.74) is 2.65. The van der Waals surface area contributed by atoms with Gasteiger partial charge in [0.05, 0.1) is 19.8 Å². The van der Waals surface area contributed by atoms with Crippen LogP contribution < -0.4 is 14.8 Å². The number of carbonyl (C=O) groups is 2. The molecule has 1 N–H and O–H groups in total. The third-order valence-corrected chi connectivity index (χ3v) is 4.99. The van der Waals surface area contributed by atoms with Gasteiger partial charge in [-0.3, -0.25) is 14.6 Å². The molecule has 2 aromatic heterocycles. The van der Waals surface area contributed by atoms with Gasteiger partial charge >= 0.3 is 0 Å². The Bertz CT molecular complexity index is 1280. The molecule has 0 unspecified atom stereocenters. The van der Waals surface area contributed by atoms with Crippen LogP contribution in [-0.2, 0) is 0 Å². The number of nitrogens with zero attached hydrogens (tertiary/aromatic N) is 1. The molecular formula is C24H20N2O5. The molecule has 7 heteroatoms. The summed E-state index contributed by atoms with van der Waals surface area (Å²) in [5, 5.41) is 3.59. The number of carbonyl (C=O) groups excluding carboxylic acids is 2. The number of aromatic nitrogens is 1. The van der Waals surface area contributed by atoms with E-state index in [-0.39, 0.29) is 17.5 Å². The molecule has 0 aliphatic carbocycles. The van der Waals surface area contributed by atoms with Crippen LogP contribution in [-0.4, -0.2) is 30.9 Å². The summed E-state index contributed by atoms with van der Waals surface area (Å²) in [6, 6.07) is 13.5. The lowest BCUT2D eigenvalue weighted by atomic mass is 10.0. The van der Waals surface area contributed by atoms with Crippen molar-refractivity contribution in [2.24, 2.45) is 0 Å². The molecule has 0 fully saturated rings. The van der Waals surface area contributed by atoms with Crippen LogP contribution in [0.5, 0.6) is 11.5 Å². The van der Waals surface area contributed by atoms with Crippen molar-refractivity contribution in [3.8, 4) is 11.5 Å². The number of rotatable bonds is 6. The maximum Gasteiger partial charge on any atom is 0.255 e. The Kier molecular flexibility index (Phi) is 5.41. The predicted molar refractivity (Wildman–Crippen MR) is 116 cm³/mol. The van der Waals surface area contributed by atoms with Crippen molar-refractivity contribution in [1.29, 1.82) is 0 Å². The Morgan fingerprint density at radius 2 is 1.74 bits per heavy atom. The maximum atomic E-state index is 13.2. The van der Waals surface area contributed by atoms with E-state index < -0.39 is 0 Å². The number of amides is 1. The van der Waals surface area contributed by atoms with E-state index in [1.165, 1.54) is 14.2 Å². The molecule has 0 aliphatic heterocycles. The second kappa shape index (κ2) is 8.31. The molecule has 0 spiro atoms. The Balaban J connectivity index is 1.69. The van der Waals surface area contributed by atoms with Gasteiger partial charge in [0.15, 0.2) is 5.76 Å². The highest BCUT2D eigenvalue weighted by Crippen LogP contribution is 2.32. The Hall–Kier alpha value is -4.13. The third kappa shape index (κ3) is 3.85. The Morgan fingerprint density at radius 1 is 0.968 bits per heavy atom. The van der Waals surface area contributed by atoms with Crippen LogP contribution in [0.3, 0.4) is 0 Å². The number of pyridine rings is 1. The number of fused-ring (bicyclic) bond motifs is 1. The monoisotopic (exact) mass is 416 g/mol. The first kappa shape index (κ1) is 20.2. The van der Waals surface area contributed by atoms with Gasteiger partial charge in [0.25, 0.3) is 5.91 Å². The van der Waals surface area contributed by atoms with Crippen molar-refractivity contribution < 1.29 is 23.5 Å². The molecule has 0 saturated heterocycles. The number of methoxy groups -OCH3 is 2. The van der Waals surface area contributed by atoms with Crippen LogP contribution in [0.15, 0.2) is 65.3 Å². The van der Waals surface area contributed by atoms with Crippen molar-refractivity contribution >= 4 is 28.3 Å². The molecule has 0 aliphatic rings. The summed E-state index contributed by atoms with van der Waals surface area (Å²) in [4.78, 5) is 29.6. The minimum absolute atomic E-state index is 0.208. The van der Waals surface area contributed by atoms with E-state index in [1.807, 2.05) is 0 Å². The van der Waals surface area contributed by atoms with E-state index in [9.17, 15) is 9.59 Å². The third-order valence-electron chi connectivity index (χ3n) is 4.99. The zero-order valence-electron chi connectivity index (χ0n) is 17.3. The fraction of sp³-hybridized carbons (Fsp3) is 0.125. The van der Waals surface area contributed by atoms with Crippen molar-refractivity contribution in [2.75, 3.05) is 19.5 Å². The molecule has 7 nitrogen and oxygen atoms in total. The Labute approximate surface area is 178 Å². The first-order valence-electron chi connectivity index (χ1n) is 9.53. The number of hydrogen-bond donors (Lipinski definition) is 1. The highest BCUT2D eigenvalue weighted by molar-refractivity contribution is 6.12. The van der Waals surface area contributed by atoms with Gasteiger partial charge in [-0.15, -0.1) is 0 Å². The fourth-order valence-electron chi connectivity index (χ4n) is 3.34. The normalized spacial score (nSPS) is 10.7. The quantitative estimate of drug-likeness (QED) is 0.461. The predicted octanol–water partition coefficient (Wildman–Crippen LogP) is 4.64. The Morgan fingerprint density at radius 3 is 2.45 bits per heavy atom. The molecular weight excluding hydrogens is 396 g/mol. The van der Waals surface area contributed by atoms with E-state index in [0.717, 1.165) is 5.39 Å². The first-order valence-corrected chi connectivity index (χ1v) is 9.53. The van der Waals surface area contributed by atoms with E-state index in [2.05, 4.69) is 10.3 Å². The van der Waals surface area contributed by atoms with Crippen LogP contribution >= 0.6 is 0 Å². The van der Waals surface area contributed by atoms with Gasteiger partial charge in [-0.05, 0) is 55.5 Å². The van der Waals surface area contributed by atoms with Crippen molar-refractivity contribution in [1.82, 2.24) is 4.98 Å². The fourth-order valence-corrected chi connectivity index (χ4v) is 3.34. The molecule has 0 saturated carbocycles. The summed E-state index contributed by atoms with van der Waals surface area (Å²) >= 11 is 0. The summed E-state index contributed by atoms with van der Waals surface area (Å²) in [7, 11) is 3.03. The average molecular weight is 416 g/mol. The minimum Gasteiger partial charge on any atom is -0.497 e. The molecule has 1 amide bonds. The number of hydrogen-bond acceptors (Lipinski definition) is 6. The van der Waals surface area contributed by atoms with Gasteiger partial charge in [-0.1, -0.05) is 0 Å². The number of furan rings is 1. The van der Waals surface area contributed by atoms with Crippen molar-refractivity contribution in [3.63, 3.8) is 0 Å². The standard InChI is InChI=1S/C24H20N2O5/c1-14-18-12-16(26-24(28)15-8-10-25-11-9-15)4-6-21(18)31-23(14)22(27)19-13-17(29-2)5-7-20(19)30-3/h4-13H,1-3H3,(H,26,28). The van der Waals surface area contributed by atoms with Crippen molar-refractivity contribution in [3.05, 3.63) is 83.4 Å². The van der Waals surface area contributed by atoms with E-state index in [1.54, 1.807) is 67.8 Å². The number of benzene rings is 2. The van der Waals surface area contributed by atoms with Crippen LogP contribution in [0.2, 0.25) is 0 Å². The molecule has 0 radical (unpaired) electrons. The first-order chi connectivity index (χ1) is 15.0. The molecule has 4 aromatic rings. The zero-order chi connectivity index (χ0) is 22.0. The van der Waals surface area contributed by atoms with Crippen LogP contribution in [0, 0.1) is 6.92 Å². The highest BCUT2D eigenvalue weighted by Gasteiger charge is 2.23. The van der Waals surface area contributed by atoms with Crippen LogP contribution in [0.25, 0.3) is 11.0 Å². The molecule has 0 bridgehead atoms. The van der Waals surface area contributed by atoms with E-state index in [4.69, 9.17) is 13.9 Å². The molecule has 2 heterocycles. The van der Waals surface area contributed by atoms with Gasteiger partial charge in [0, 0.05) is 34.6 Å². The van der Waals surface area contributed by atoms with Crippen LogP contribution in [0.1, 0.15) is 32.0 Å². The summed E-state index contributed by atoms with van der Waals surface area (Å²) in [6.07, 6.45) is 3.12.